The molecule has 0 saturated heterocycles. The van der Waals surface area contributed by atoms with Gasteiger partial charge in [-0.2, -0.15) is 0 Å². The van der Waals surface area contributed by atoms with E-state index in [4.69, 9.17) is 16.3 Å². The van der Waals surface area contributed by atoms with Gasteiger partial charge < -0.3 is 10.1 Å². The monoisotopic (exact) mass is 267 g/mol. The molecular formula is C14H18ClNO2. The number of ether oxygens (including phenoxy) is 1. The van der Waals surface area contributed by atoms with Crippen LogP contribution in [-0.4, -0.2) is 18.6 Å². The van der Waals surface area contributed by atoms with Crippen LogP contribution in [0, 0.1) is 0 Å². The Labute approximate surface area is 112 Å². The van der Waals surface area contributed by atoms with E-state index in [0.717, 1.165) is 30.6 Å². The van der Waals surface area contributed by atoms with Gasteiger partial charge in [0.2, 0.25) is 5.91 Å². The summed E-state index contributed by atoms with van der Waals surface area (Å²) in [7, 11) is 0. The first-order valence-corrected chi connectivity index (χ1v) is 6.81. The fourth-order valence-electron chi connectivity index (χ4n) is 1.61. The molecule has 1 N–H and O–H groups in total. The maximum atomic E-state index is 11.8. The van der Waals surface area contributed by atoms with Gasteiger partial charge in [-0.25, -0.2) is 0 Å². The Morgan fingerprint density at radius 1 is 1.44 bits per heavy atom. The molecule has 0 aromatic heterocycles. The van der Waals surface area contributed by atoms with Crippen molar-refractivity contribution in [1.29, 1.82) is 0 Å². The number of hydrogen-bond acceptors (Lipinski definition) is 2. The van der Waals surface area contributed by atoms with Crippen LogP contribution in [0.1, 0.15) is 37.1 Å². The summed E-state index contributed by atoms with van der Waals surface area (Å²) in [5, 5.41) is 2.28. The Morgan fingerprint density at radius 2 is 2.11 bits per heavy atom. The zero-order valence-electron chi connectivity index (χ0n) is 10.5. The van der Waals surface area contributed by atoms with Crippen LogP contribution >= 0.6 is 11.6 Å². The Hall–Kier alpha value is -1.22. The van der Waals surface area contributed by atoms with Gasteiger partial charge in [0, 0.05) is 6.04 Å². The van der Waals surface area contributed by atoms with Gasteiger partial charge in [0.1, 0.15) is 11.1 Å². The lowest BCUT2D eigenvalue weighted by Crippen LogP contribution is -2.28. The van der Waals surface area contributed by atoms with E-state index in [1.54, 1.807) is 0 Å². The van der Waals surface area contributed by atoms with Crippen LogP contribution in [0.3, 0.4) is 0 Å². The van der Waals surface area contributed by atoms with Gasteiger partial charge in [0.25, 0.3) is 0 Å². The number of amides is 1. The van der Waals surface area contributed by atoms with Crippen LogP contribution in [0.4, 0.5) is 0 Å². The second-order valence-electron chi connectivity index (χ2n) is 4.56. The lowest BCUT2D eigenvalue weighted by atomic mass is 10.1. The van der Waals surface area contributed by atoms with E-state index < -0.39 is 5.38 Å². The average molecular weight is 268 g/mol. The molecule has 0 radical (unpaired) electrons. The highest BCUT2D eigenvalue weighted by Gasteiger charge is 2.27. The minimum Gasteiger partial charge on any atom is -0.494 e. The number of halogens is 1. The molecular weight excluding hydrogens is 250 g/mol. The average Bonchev–Trinajstić information content (AvgIpc) is 3.20. The largest absolute Gasteiger partial charge is 0.494 e. The topological polar surface area (TPSA) is 38.3 Å². The van der Waals surface area contributed by atoms with E-state index in [0.29, 0.717) is 12.6 Å². The van der Waals surface area contributed by atoms with Crippen molar-refractivity contribution < 1.29 is 9.53 Å². The molecule has 1 aliphatic rings. The van der Waals surface area contributed by atoms with Crippen LogP contribution in [0.15, 0.2) is 24.3 Å². The molecule has 1 unspecified atom stereocenters. The molecule has 98 valence electrons. The number of hydrogen-bond donors (Lipinski definition) is 1. The highest BCUT2D eigenvalue weighted by atomic mass is 35.5. The van der Waals surface area contributed by atoms with E-state index >= 15 is 0 Å². The molecule has 1 saturated carbocycles. The number of carbonyl (C=O) groups is 1. The van der Waals surface area contributed by atoms with Crippen molar-refractivity contribution in [3.05, 3.63) is 29.8 Å². The molecule has 1 aromatic carbocycles. The SMILES string of the molecule is CCCOc1ccc(C(Cl)C(=O)NC2CC2)cc1. The fraction of sp³-hybridized carbons (Fsp3) is 0.500. The van der Waals surface area contributed by atoms with Crippen LogP contribution in [0.25, 0.3) is 0 Å². The van der Waals surface area contributed by atoms with Crippen molar-refractivity contribution in [2.45, 2.75) is 37.6 Å². The van der Waals surface area contributed by atoms with Crippen molar-refractivity contribution in [2.75, 3.05) is 6.61 Å². The van der Waals surface area contributed by atoms with Crippen molar-refractivity contribution in [3.8, 4) is 5.75 Å². The molecule has 1 aromatic rings. The molecule has 1 aliphatic carbocycles. The van der Waals surface area contributed by atoms with Crippen molar-refractivity contribution in [2.24, 2.45) is 0 Å². The first-order valence-electron chi connectivity index (χ1n) is 6.38. The van der Waals surface area contributed by atoms with Crippen LogP contribution in [-0.2, 0) is 4.79 Å². The second kappa shape index (κ2) is 6.10. The van der Waals surface area contributed by atoms with E-state index in [1.807, 2.05) is 24.3 Å². The van der Waals surface area contributed by atoms with Crippen molar-refractivity contribution in [1.82, 2.24) is 5.32 Å². The minimum absolute atomic E-state index is 0.110. The zero-order valence-corrected chi connectivity index (χ0v) is 11.2. The van der Waals surface area contributed by atoms with Crippen LogP contribution in [0.5, 0.6) is 5.75 Å². The molecule has 4 heteroatoms. The third kappa shape index (κ3) is 3.64. The summed E-state index contributed by atoms with van der Waals surface area (Å²) in [6, 6.07) is 7.73. The van der Waals surface area contributed by atoms with Gasteiger partial charge in [-0.15, -0.1) is 11.6 Å². The van der Waals surface area contributed by atoms with E-state index in [9.17, 15) is 4.79 Å². The maximum absolute atomic E-state index is 11.8. The van der Waals surface area contributed by atoms with Crippen LogP contribution in [0.2, 0.25) is 0 Å². The Morgan fingerprint density at radius 3 is 2.67 bits per heavy atom. The van der Waals surface area contributed by atoms with Crippen molar-refractivity contribution >= 4 is 17.5 Å². The zero-order chi connectivity index (χ0) is 13.0. The quantitative estimate of drug-likeness (QED) is 0.805. The van der Waals surface area contributed by atoms with Gasteiger partial charge >= 0.3 is 0 Å². The lowest BCUT2D eigenvalue weighted by molar-refractivity contribution is -0.121. The third-order valence-electron chi connectivity index (χ3n) is 2.80. The summed E-state index contributed by atoms with van der Waals surface area (Å²) in [5.41, 5.74) is 0.804. The number of rotatable bonds is 6. The number of carbonyl (C=O) groups excluding carboxylic acids is 1. The predicted octanol–water partition coefficient (Wildman–Crippen LogP) is 3.03. The highest BCUT2D eigenvalue weighted by molar-refractivity contribution is 6.30. The first-order chi connectivity index (χ1) is 8.70. The summed E-state index contributed by atoms with van der Waals surface area (Å²) in [5.74, 6) is 0.702. The number of benzene rings is 1. The van der Waals surface area contributed by atoms with Gasteiger partial charge in [-0.3, -0.25) is 4.79 Å². The molecule has 3 nitrogen and oxygen atoms in total. The minimum atomic E-state index is -0.620. The molecule has 0 heterocycles. The Kier molecular flexibility index (Phi) is 4.48. The summed E-state index contributed by atoms with van der Waals surface area (Å²) < 4.78 is 5.48. The van der Waals surface area contributed by atoms with Gasteiger partial charge in [0.05, 0.1) is 6.61 Å². The first kappa shape index (κ1) is 13.2. The summed E-state index contributed by atoms with van der Waals surface area (Å²) in [6.07, 6.45) is 3.11. The molecule has 0 bridgehead atoms. The van der Waals surface area contributed by atoms with Crippen molar-refractivity contribution in [3.63, 3.8) is 0 Å². The Balaban J connectivity index is 1.92. The molecule has 18 heavy (non-hydrogen) atoms. The second-order valence-corrected chi connectivity index (χ2v) is 5.00. The van der Waals surface area contributed by atoms with Gasteiger partial charge in [-0.05, 0) is 37.0 Å². The molecule has 0 aliphatic heterocycles. The maximum Gasteiger partial charge on any atom is 0.242 e. The van der Waals surface area contributed by atoms with Gasteiger partial charge in [0.15, 0.2) is 0 Å². The molecule has 0 spiro atoms. The normalized spacial score (nSPS) is 16.1. The highest BCUT2D eigenvalue weighted by Crippen LogP contribution is 2.26. The van der Waals surface area contributed by atoms with Crippen LogP contribution < -0.4 is 10.1 Å². The molecule has 1 amide bonds. The lowest BCUT2D eigenvalue weighted by Gasteiger charge is -2.11. The standard InChI is InChI=1S/C14H18ClNO2/c1-2-9-18-12-7-3-10(4-8-12)13(15)14(17)16-11-5-6-11/h3-4,7-8,11,13H,2,5-6,9H2,1H3,(H,16,17). The molecule has 1 atom stereocenters. The number of nitrogens with one attached hydrogen (secondary N) is 1. The van der Waals surface area contributed by atoms with Gasteiger partial charge in [-0.1, -0.05) is 19.1 Å². The third-order valence-corrected chi connectivity index (χ3v) is 3.25. The molecule has 2 rings (SSSR count). The Bertz CT molecular complexity index is 401. The van der Waals surface area contributed by atoms with E-state index in [2.05, 4.69) is 12.2 Å². The van der Waals surface area contributed by atoms with E-state index in [-0.39, 0.29) is 5.91 Å². The predicted molar refractivity (Wildman–Crippen MR) is 72.0 cm³/mol. The smallest absolute Gasteiger partial charge is 0.242 e. The number of alkyl halides is 1. The molecule has 1 fully saturated rings. The summed E-state index contributed by atoms with van der Waals surface area (Å²) in [4.78, 5) is 11.8. The summed E-state index contributed by atoms with van der Waals surface area (Å²) >= 11 is 6.13. The van der Waals surface area contributed by atoms with E-state index in [1.165, 1.54) is 0 Å². The fourth-order valence-corrected chi connectivity index (χ4v) is 1.81. The summed E-state index contributed by atoms with van der Waals surface area (Å²) in [6.45, 7) is 2.76.